The first-order valence-corrected chi connectivity index (χ1v) is 11.2. The van der Waals surface area contributed by atoms with Gasteiger partial charge in [0, 0.05) is 23.0 Å². The van der Waals surface area contributed by atoms with Crippen molar-refractivity contribution in [2.45, 2.75) is 46.3 Å². The van der Waals surface area contributed by atoms with Crippen molar-refractivity contribution >= 4 is 52.2 Å². The van der Waals surface area contributed by atoms with Gasteiger partial charge in [-0.05, 0) is 63.6 Å². The zero-order chi connectivity index (χ0) is 21.9. The molecule has 6 nitrogen and oxygen atoms in total. The Balaban J connectivity index is 0.00000341. The molecule has 2 heterocycles. The molecule has 1 aliphatic heterocycles. The molecule has 1 N–H and O–H groups in total. The fourth-order valence-electron chi connectivity index (χ4n) is 3.33. The minimum absolute atomic E-state index is 0. The average molecular weight is 487 g/mol. The number of thiophene rings is 1. The number of hydrogen-bond donors (Lipinski definition) is 1. The van der Waals surface area contributed by atoms with Crippen LogP contribution in [0.3, 0.4) is 0 Å². The molecular weight excluding hydrogens is 459 g/mol. The van der Waals surface area contributed by atoms with Crippen molar-refractivity contribution in [1.82, 2.24) is 4.90 Å². The summed E-state index contributed by atoms with van der Waals surface area (Å²) in [6.07, 6.45) is 0.758. The molecule has 0 fully saturated rings. The molecule has 0 radical (unpaired) electrons. The molecule has 9 heteroatoms. The van der Waals surface area contributed by atoms with Gasteiger partial charge in [-0.1, -0.05) is 18.5 Å². The number of likely N-dealkylation sites (N-methyl/N-ethyl adjacent to an activating group) is 1. The normalized spacial score (nSPS) is 13.7. The highest BCUT2D eigenvalue weighted by Crippen LogP contribution is 2.38. The van der Waals surface area contributed by atoms with Crippen LogP contribution in [0, 0.1) is 0 Å². The lowest BCUT2D eigenvalue weighted by molar-refractivity contribution is -0.128. The Bertz CT molecular complexity index is 928. The standard InChI is InChI=1S/C22H27ClN2O4S.ClH/c1-5-25-12-11-16-17(13-25)30-19(18(16)20(26)28-6-2)24-21(27)22(3,4)29-15-9-7-14(23)8-10-15;/h7-10H,5-6,11-13H2,1-4H3,(H,24,27);1H. The summed E-state index contributed by atoms with van der Waals surface area (Å²) in [6, 6.07) is 6.84. The summed E-state index contributed by atoms with van der Waals surface area (Å²) >= 11 is 7.36. The maximum Gasteiger partial charge on any atom is 0.341 e. The van der Waals surface area contributed by atoms with Crippen molar-refractivity contribution in [2.24, 2.45) is 0 Å². The Labute approximate surface area is 198 Å². The van der Waals surface area contributed by atoms with E-state index < -0.39 is 11.6 Å². The SMILES string of the molecule is CCOC(=O)c1c(NC(=O)C(C)(C)Oc2ccc(Cl)cc2)sc2c1CCN(CC)C2.Cl. The highest BCUT2D eigenvalue weighted by atomic mass is 35.5. The van der Waals surface area contributed by atoms with Crippen molar-refractivity contribution < 1.29 is 19.1 Å². The summed E-state index contributed by atoms with van der Waals surface area (Å²) in [6.45, 7) is 10.1. The lowest BCUT2D eigenvalue weighted by Crippen LogP contribution is -2.42. The van der Waals surface area contributed by atoms with E-state index >= 15 is 0 Å². The first-order chi connectivity index (χ1) is 14.2. The second kappa shape index (κ2) is 10.7. The highest BCUT2D eigenvalue weighted by Gasteiger charge is 2.34. The number of ether oxygens (including phenoxy) is 2. The fraction of sp³-hybridized carbons (Fsp3) is 0.455. The van der Waals surface area contributed by atoms with Crippen molar-refractivity contribution in [3.63, 3.8) is 0 Å². The van der Waals surface area contributed by atoms with E-state index in [4.69, 9.17) is 21.1 Å². The smallest absolute Gasteiger partial charge is 0.341 e. The fourth-order valence-corrected chi connectivity index (χ4v) is 4.73. The van der Waals surface area contributed by atoms with E-state index in [0.717, 1.165) is 36.5 Å². The molecule has 0 aliphatic carbocycles. The Hall–Kier alpha value is -1.80. The second-order valence-electron chi connectivity index (χ2n) is 7.57. The molecule has 0 unspecified atom stereocenters. The number of amides is 1. The van der Waals surface area contributed by atoms with Crippen LogP contribution >= 0.6 is 35.3 Å². The minimum Gasteiger partial charge on any atom is -0.478 e. The van der Waals surface area contributed by atoms with Gasteiger partial charge < -0.3 is 14.8 Å². The molecule has 2 aromatic rings. The number of nitrogens with zero attached hydrogens (tertiary/aromatic N) is 1. The molecule has 1 aromatic heterocycles. The molecule has 0 saturated heterocycles. The third-order valence-corrected chi connectivity index (χ3v) is 6.41. The number of halogens is 2. The highest BCUT2D eigenvalue weighted by molar-refractivity contribution is 7.17. The second-order valence-corrected chi connectivity index (χ2v) is 9.11. The predicted octanol–water partition coefficient (Wildman–Crippen LogP) is 5.17. The molecule has 0 atom stereocenters. The van der Waals surface area contributed by atoms with Crippen LogP contribution in [0.4, 0.5) is 5.00 Å². The van der Waals surface area contributed by atoms with Gasteiger partial charge >= 0.3 is 5.97 Å². The number of esters is 1. The first-order valence-electron chi connectivity index (χ1n) is 10.0. The lowest BCUT2D eigenvalue weighted by Gasteiger charge is -2.25. The van der Waals surface area contributed by atoms with Crippen LogP contribution in [0.1, 0.15) is 48.5 Å². The first kappa shape index (κ1) is 25.5. The van der Waals surface area contributed by atoms with E-state index in [1.807, 2.05) is 0 Å². The number of hydrogen-bond acceptors (Lipinski definition) is 6. The maximum absolute atomic E-state index is 13.1. The number of fused-ring (bicyclic) bond motifs is 1. The summed E-state index contributed by atoms with van der Waals surface area (Å²) in [5.41, 5.74) is 0.304. The molecule has 170 valence electrons. The third kappa shape index (κ3) is 5.92. The van der Waals surface area contributed by atoms with Gasteiger partial charge in [-0.15, -0.1) is 23.7 Å². The van der Waals surface area contributed by atoms with Gasteiger partial charge in [0.25, 0.3) is 5.91 Å². The van der Waals surface area contributed by atoms with Gasteiger partial charge in [0.15, 0.2) is 5.60 Å². The molecule has 3 rings (SSSR count). The van der Waals surface area contributed by atoms with Crippen LogP contribution in [0.15, 0.2) is 24.3 Å². The van der Waals surface area contributed by atoms with E-state index in [2.05, 4.69) is 17.1 Å². The summed E-state index contributed by atoms with van der Waals surface area (Å²) in [7, 11) is 0. The topological polar surface area (TPSA) is 67.9 Å². The van der Waals surface area contributed by atoms with E-state index in [0.29, 0.717) is 21.3 Å². The van der Waals surface area contributed by atoms with E-state index in [9.17, 15) is 9.59 Å². The number of benzene rings is 1. The zero-order valence-electron chi connectivity index (χ0n) is 18.1. The van der Waals surface area contributed by atoms with E-state index in [-0.39, 0.29) is 24.9 Å². The van der Waals surface area contributed by atoms with Crippen molar-refractivity contribution in [1.29, 1.82) is 0 Å². The monoisotopic (exact) mass is 486 g/mol. The number of nitrogens with one attached hydrogen (secondary N) is 1. The summed E-state index contributed by atoms with van der Waals surface area (Å²) in [5.74, 6) is -0.199. The lowest BCUT2D eigenvalue weighted by atomic mass is 10.0. The molecular formula is C22H28Cl2N2O4S. The summed E-state index contributed by atoms with van der Waals surface area (Å²) in [5, 5.41) is 4.04. The van der Waals surface area contributed by atoms with Gasteiger partial charge in [0.2, 0.25) is 0 Å². The third-order valence-electron chi connectivity index (χ3n) is 5.02. The predicted molar refractivity (Wildman–Crippen MR) is 127 cm³/mol. The molecule has 1 aliphatic rings. The van der Waals surface area contributed by atoms with Crippen LogP contribution < -0.4 is 10.1 Å². The van der Waals surface area contributed by atoms with Crippen LogP contribution in [0.2, 0.25) is 5.02 Å². The molecule has 0 spiro atoms. The molecule has 1 aromatic carbocycles. The molecule has 31 heavy (non-hydrogen) atoms. The van der Waals surface area contributed by atoms with Crippen LogP contribution in [-0.4, -0.2) is 42.1 Å². The number of rotatable bonds is 7. The zero-order valence-corrected chi connectivity index (χ0v) is 20.5. The molecule has 0 saturated carbocycles. The quantitative estimate of drug-likeness (QED) is 0.546. The molecule has 1 amide bonds. The number of carbonyl (C=O) groups is 2. The Morgan fingerprint density at radius 1 is 1.23 bits per heavy atom. The van der Waals surface area contributed by atoms with Gasteiger partial charge in [0.05, 0.1) is 12.2 Å². The van der Waals surface area contributed by atoms with Crippen molar-refractivity contribution in [3.8, 4) is 5.75 Å². The van der Waals surface area contributed by atoms with Gasteiger partial charge in [-0.3, -0.25) is 9.69 Å². The average Bonchev–Trinajstić information content (AvgIpc) is 3.06. The van der Waals surface area contributed by atoms with Crippen LogP contribution in [0.5, 0.6) is 5.75 Å². The van der Waals surface area contributed by atoms with E-state index in [1.54, 1.807) is 45.0 Å². The number of anilines is 1. The largest absolute Gasteiger partial charge is 0.478 e. The number of carbonyl (C=O) groups excluding carboxylic acids is 2. The minimum atomic E-state index is -1.15. The maximum atomic E-state index is 13.1. The Kier molecular flexibility index (Phi) is 8.77. The molecule has 0 bridgehead atoms. The summed E-state index contributed by atoms with van der Waals surface area (Å²) < 4.78 is 11.2. The Morgan fingerprint density at radius 3 is 2.52 bits per heavy atom. The van der Waals surface area contributed by atoms with Crippen molar-refractivity contribution in [2.75, 3.05) is 25.0 Å². The van der Waals surface area contributed by atoms with Crippen LogP contribution in [0.25, 0.3) is 0 Å². The van der Waals surface area contributed by atoms with Crippen LogP contribution in [-0.2, 0) is 22.5 Å². The van der Waals surface area contributed by atoms with Gasteiger partial charge in [0.1, 0.15) is 10.8 Å². The van der Waals surface area contributed by atoms with Crippen molar-refractivity contribution in [3.05, 3.63) is 45.3 Å². The summed E-state index contributed by atoms with van der Waals surface area (Å²) in [4.78, 5) is 29.1. The van der Waals surface area contributed by atoms with Gasteiger partial charge in [-0.2, -0.15) is 0 Å². The Morgan fingerprint density at radius 2 is 1.90 bits per heavy atom. The van der Waals surface area contributed by atoms with Gasteiger partial charge in [-0.25, -0.2) is 4.79 Å². The van der Waals surface area contributed by atoms with E-state index in [1.165, 1.54) is 11.3 Å².